The van der Waals surface area contributed by atoms with Crippen LogP contribution in [-0.4, -0.2) is 36.0 Å². The minimum Gasteiger partial charge on any atom is -0.351 e. The van der Waals surface area contributed by atoms with E-state index in [1.54, 1.807) is 11.1 Å². The summed E-state index contributed by atoms with van der Waals surface area (Å²) in [7, 11) is 0. The fourth-order valence-corrected chi connectivity index (χ4v) is 4.63. The summed E-state index contributed by atoms with van der Waals surface area (Å²) >= 11 is 0. The van der Waals surface area contributed by atoms with Crippen molar-refractivity contribution in [3.05, 3.63) is 119 Å². The van der Waals surface area contributed by atoms with E-state index in [0.717, 1.165) is 28.5 Å². The van der Waals surface area contributed by atoms with Crippen molar-refractivity contribution in [2.24, 2.45) is 0 Å². The molecule has 2 aliphatic heterocycles. The first-order chi connectivity index (χ1) is 15.7. The summed E-state index contributed by atoms with van der Waals surface area (Å²) in [5.74, 6) is -0.0646. The van der Waals surface area contributed by atoms with Crippen LogP contribution < -0.4 is 5.32 Å². The van der Waals surface area contributed by atoms with Crippen molar-refractivity contribution in [2.75, 3.05) is 6.61 Å². The number of β-lactam (4-membered cyclic amide) rings is 1. The van der Waals surface area contributed by atoms with Crippen LogP contribution in [0, 0.1) is 0 Å². The Morgan fingerprint density at radius 3 is 1.84 bits per heavy atom. The van der Waals surface area contributed by atoms with Crippen molar-refractivity contribution in [2.45, 2.75) is 24.2 Å². The summed E-state index contributed by atoms with van der Waals surface area (Å²) < 4.78 is 5.99. The zero-order chi connectivity index (χ0) is 22.0. The predicted molar refractivity (Wildman–Crippen MR) is 121 cm³/mol. The number of carbonyl (C=O) groups is 2. The third-order valence-electron chi connectivity index (χ3n) is 6.18. The summed E-state index contributed by atoms with van der Waals surface area (Å²) in [5, 5.41) is 3.70. The van der Waals surface area contributed by atoms with Gasteiger partial charge < -0.3 is 9.53 Å². The van der Waals surface area contributed by atoms with Crippen LogP contribution in [0.3, 0.4) is 0 Å². The van der Waals surface area contributed by atoms with Crippen molar-refractivity contribution in [1.82, 2.24) is 10.2 Å². The van der Waals surface area contributed by atoms with Gasteiger partial charge in [-0.15, -0.1) is 0 Å². The van der Waals surface area contributed by atoms with Crippen LogP contribution >= 0.6 is 0 Å². The Morgan fingerprint density at radius 1 is 0.875 bits per heavy atom. The van der Waals surface area contributed by atoms with E-state index in [1.165, 1.54) is 0 Å². The van der Waals surface area contributed by atoms with Gasteiger partial charge in [-0.25, -0.2) is 0 Å². The summed E-state index contributed by atoms with van der Waals surface area (Å²) in [5.41, 5.74) is 3.18. The predicted octanol–water partition coefficient (Wildman–Crippen LogP) is 3.61. The lowest BCUT2D eigenvalue weighted by Crippen LogP contribution is -2.73. The molecule has 0 radical (unpaired) electrons. The van der Waals surface area contributed by atoms with E-state index in [4.69, 9.17) is 4.74 Å². The van der Waals surface area contributed by atoms with Crippen LogP contribution in [0.1, 0.15) is 23.1 Å². The fraction of sp³-hybridized carbons (Fsp3) is 0.185. The molecule has 5 rings (SSSR count). The molecule has 160 valence electrons. The summed E-state index contributed by atoms with van der Waals surface area (Å²) in [6.07, 6.45) is 2.46. The molecule has 32 heavy (non-hydrogen) atoms. The highest BCUT2D eigenvalue weighted by Crippen LogP contribution is 2.40. The van der Waals surface area contributed by atoms with Crippen LogP contribution in [-0.2, 0) is 19.9 Å². The van der Waals surface area contributed by atoms with Gasteiger partial charge in [-0.05, 0) is 22.3 Å². The number of nitrogens with zero attached hydrogens (tertiary/aromatic N) is 1. The number of carbonyl (C=O) groups excluding carboxylic acids is 2. The Balaban J connectivity index is 1.60. The molecule has 1 amide bonds. The molecule has 0 aliphatic carbocycles. The Morgan fingerprint density at radius 2 is 1.38 bits per heavy atom. The number of ether oxygens (including phenoxy) is 1. The summed E-state index contributed by atoms with van der Waals surface area (Å²) in [4.78, 5) is 25.6. The number of rotatable bonds is 7. The molecule has 0 bridgehead atoms. The summed E-state index contributed by atoms with van der Waals surface area (Å²) in [6, 6.07) is 30.0. The van der Waals surface area contributed by atoms with E-state index >= 15 is 0 Å². The zero-order valence-corrected chi connectivity index (χ0v) is 17.6. The Kier molecular flexibility index (Phi) is 5.43. The number of hydrogen-bond acceptors (Lipinski definition) is 4. The Labute approximate surface area is 187 Å². The summed E-state index contributed by atoms with van der Waals surface area (Å²) in [6.45, 7) is 0.348. The van der Waals surface area contributed by atoms with Gasteiger partial charge in [0.05, 0.1) is 12.1 Å². The minimum absolute atomic E-state index is 0.0646. The smallest absolute Gasteiger partial charge is 0.250 e. The lowest BCUT2D eigenvalue weighted by molar-refractivity contribution is -0.178. The number of nitrogens with one attached hydrogen (secondary N) is 1. The third kappa shape index (κ3) is 3.36. The van der Waals surface area contributed by atoms with Gasteiger partial charge in [0.2, 0.25) is 0 Å². The molecule has 1 fully saturated rings. The molecule has 0 aromatic heterocycles. The maximum Gasteiger partial charge on any atom is 0.250 e. The molecule has 3 aromatic carbocycles. The van der Waals surface area contributed by atoms with E-state index < -0.39 is 17.8 Å². The highest BCUT2D eigenvalue weighted by atomic mass is 16.5. The fourth-order valence-electron chi connectivity index (χ4n) is 4.63. The minimum atomic E-state index is -0.744. The van der Waals surface area contributed by atoms with E-state index in [2.05, 4.69) is 41.7 Å². The first-order valence-corrected chi connectivity index (χ1v) is 10.8. The molecule has 0 saturated carbocycles. The van der Waals surface area contributed by atoms with Gasteiger partial charge in [0.25, 0.3) is 5.91 Å². The van der Waals surface area contributed by atoms with Gasteiger partial charge in [0.1, 0.15) is 12.3 Å². The molecule has 1 saturated heterocycles. The molecule has 1 N–H and O–H groups in total. The lowest BCUT2D eigenvalue weighted by atomic mass is 9.76. The average Bonchev–Trinajstić information content (AvgIpc) is 2.87. The quantitative estimate of drug-likeness (QED) is 0.358. The number of aldehydes is 1. The normalized spacial score (nSPS) is 20.2. The molecular formula is C27H24N2O3. The van der Waals surface area contributed by atoms with Gasteiger partial charge >= 0.3 is 0 Å². The van der Waals surface area contributed by atoms with Crippen LogP contribution in [0.2, 0.25) is 0 Å². The second-order valence-corrected chi connectivity index (χ2v) is 8.08. The molecule has 2 aliphatic rings. The Hall–Kier alpha value is -3.54. The third-order valence-corrected chi connectivity index (χ3v) is 6.18. The van der Waals surface area contributed by atoms with Crippen molar-refractivity contribution in [1.29, 1.82) is 0 Å². The van der Waals surface area contributed by atoms with Crippen molar-refractivity contribution >= 4 is 12.2 Å². The van der Waals surface area contributed by atoms with E-state index in [-0.39, 0.29) is 12.3 Å². The van der Waals surface area contributed by atoms with E-state index in [0.29, 0.717) is 6.61 Å². The number of hydrogen-bond donors (Lipinski definition) is 1. The molecule has 2 atom stereocenters. The Bertz CT molecular complexity index is 1030. The monoisotopic (exact) mass is 424 g/mol. The van der Waals surface area contributed by atoms with E-state index in [9.17, 15) is 9.59 Å². The van der Waals surface area contributed by atoms with Crippen molar-refractivity contribution < 1.29 is 14.3 Å². The molecular weight excluding hydrogens is 400 g/mol. The molecule has 2 heterocycles. The first-order valence-electron chi connectivity index (χ1n) is 10.8. The van der Waals surface area contributed by atoms with Crippen LogP contribution in [0.25, 0.3) is 0 Å². The first kappa shape index (κ1) is 20.4. The lowest BCUT2D eigenvalue weighted by Gasteiger charge is -2.51. The second-order valence-electron chi connectivity index (χ2n) is 8.08. The van der Waals surface area contributed by atoms with Crippen LogP contribution in [0.5, 0.6) is 0 Å². The maximum atomic E-state index is 13.2. The second kappa shape index (κ2) is 8.54. The van der Waals surface area contributed by atoms with Crippen LogP contribution in [0.15, 0.2) is 103 Å². The highest BCUT2D eigenvalue weighted by molar-refractivity contribution is 5.90. The van der Waals surface area contributed by atoms with Gasteiger partial charge in [-0.2, -0.15) is 0 Å². The van der Waals surface area contributed by atoms with Gasteiger partial charge in [-0.1, -0.05) is 91.0 Å². The van der Waals surface area contributed by atoms with E-state index in [1.807, 2.05) is 54.6 Å². The number of benzene rings is 3. The van der Waals surface area contributed by atoms with Gasteiger partial charge in [-0.3, -0.25) is 15.0 Å². The SMILES string of the molecule is O=CCC1=CN2C(=O)C(NC(c3ccccc3)(c3ccccc3)c3ccccc3)C2OC1. The van der Waals surface area contributed by atoms with Gasteiger partial charge in [0.15, 0.2) is 6.23 Å². The number of amides is 1. The standard InChI is InChI=1S/C27H24N2O3/c30-17-16-20-18-29-25(31)24(26(29)32-19-20)28-27(21-10-4-1-5-11-21,22-12-6-2-7-13-22)23-14-8-3-9-15-23/h1-15,17-18,24,26,28H,16,19H2. The molecule has 3 aromatic rings. The topological polar surface area (TPSA) is 58.6 Å². The zero-order valence-electron chi connectivity index (χ0n) is 17.6. The molecule has 2 unspecified atom stereocenters. The largest absolute Gasteiger partial charge is 0.351 e. The van der Waals surface area contributed by atoms with Crippen molar-refractivity contribution in [3.63, 3.8) is 0 Å². The average molecular weight is 425 g/mol. The van der Waals surface area contributed by atoms with Crippen LogP contribution in [0.4, 0.5) is 0 Å². The highest BCUT2D eigenvalue weighted by Gasteiger charge is 2.53. The van der Waals surface area contributed by atoms with Crippen molar-refractivity contribution in [3.8, 4) is 0 Å². The maximum absolute atomic E-state index is 13.2. The molecule has 0 spiro atoms. The molecule has 5 nitrogen and oxygen atoms in total. The van der Waals surface area contributed by atoms with Gasteiger partial charge in [0, 0.05) is 12.6 Å². The number of fused-ring (bicyclic) bond motifs is 1. The molecule has 5 heteroatoms.